The van der Waals surface area contributed by atoms with E-state index in [4.69, 9.17) is 0 Å². The lowest BCUT2D eigenvalue weighted by atomic mass is 10.0. The number of anilines is 1. The van der Waals surface area contributed by atoms with Crippen molar-refractivity contribution >= 4 is 17.5 Å². The molecular weight excluding hydrogens is 226 g/mol. The van der Waals surface area contributed by atoms with Gasteiger partial charge in [-0.15, -0.1) is 0 Å². The molecule has 1 aromatic rings. The number of imide groups is 1. The minimum atomic E-state index is -0.260. The topological polar surface area (TPSA) is 37.4 Å². The van der Waals surface area contributed by atoms with Crippen LogP contribution in [0, 0.1) is 6.92 Å². The summed E-state index contributed by atoms with van der Waals surface area (Å²) in [5.41, 5.74) is 2.91. The van der Waals surface area contributed by atoms with E-state index in [0.29, 0.717) is 5.69 Å². The molecule has 2 rings (SSSR count). The van der Waals surface area contributed by atoms with Crippen molar-refractivity contribution in [1.82, 2.24) is 0 Å². The maximum Gasteiger partial charge on any atom is 0.258 e. The summed E-state index contributed by atoms with van der Waals surface area (Å²) >= 11 is 0. The molecule has 0 atom stereocenters. The van der Waals surface area contributed by atoms with Gasteiger partial charge < -0.3 is 0 Å². The van der Waals surface area contributed by atoms with Crippen molar-refractivity contribution in [3.63, 3.8) is 0 Å². The van der Waals surface area contributed by atoms with Crippen LogP contribution in [0.1, 0.15) is 30.9 Å². The number of aryl methyl sites for hydroxylation is 2. The number of benzene rings is 1. The molecule has 3 heteroatoms. The highest BCUT2D eigenvalue weighted by atomic mass is 16.2. The van der Waals surface area contributed by atoms with Crippen molar-refractivity contribution in [3.8, 4) is 0 Å². The summed E-state index contributed by atoms with van der Waals surface area (Å²) < 4.78 is 0. The molecule has 0 aliphatic carbocycles. The Morgan fingerprint density at radius 1 is 1.11 bits per heavy atom. The monoisotopic (exact) mass is 243 g/mol. The number of nitrogens with zero attached hydrogens (tertiary/aromatic N) is 1. The second-order valence-electron chi connectivity index (χ2n) is 4.57. The van der Waals surface area contributed by atoms with Crippen LogP contribution in [0.25, 0.3) is 0 Å². The van der Waals surface area contributed by atoms with E-state index in [-0.39, 0.29) is 11.8 Å². The van der Waals surface area contributed by atoms with Crippen LogP contribution < -0.4 is 4.90 Å². The molecule has 0 saturated heterocycles. The molecule has 18 heavy (non-hydrogen) atoms. The van der Waals surface area contributed by atoms with Crippen molar-refractivity contribution in [3.05, 3.63) is 41.5 Å². The summed E-state index contributed by atoms with van der Waals surface area (Å²) in [6.07, 6.45) is 5.98. The van der Waals surface area contributed by atoms with Gasteiger partial charge in [0.15, 0.2) is 0 Å². The Morgan fingerprint density at radius 2 is 1.78 bits per heavy atom. The van der Waals surface area contributed by atoms with Crippen LogP contribution in [-0.2, 0) is 16.0 Å². The van der Waals surface area contributed by atoms with E-state index >= 15 is 0 Å². The van der Waals surface area contributed by atoms with Gasteiger partial charge in [0.05, 0.1) is 5.69 Å². The summed E-state index contributed by atoms with van der Waals surface area (Å²) in [5.74, 6) is -0.520. The molecule has 0 saturated carbocycles. The minimum absolute atomic E-state index is 0.260. The van der Waals surface area contributed by atoms with Gasteiger partial charge in [-0.25, -0.2) is 4.90 Å². The molecule has 1 heterocycles. The first kappa shape index (κ1) is 12.6. The quantitative estimate of drug-likeness (QED) is 0.762. The average Bonchev–Trinajstić information content (AvgIpc) is 2.67. The number of amides is 2. The molecule has 0 N–H and O–H groups in total. The van der Waals surface area contributed by atoms with Crippen LogP contribution in [0.15, 0.2) is 30.4 Å². The Balaban J connectivity index is 2.25. The molecule has 0 radical (unpaired) electrons. The number of hydrogen-bond acceptors (Lipinski definition) is 2. The predicted octanol–water partition coefficient (Wildman–Crippen LogP) is 2.77. The molecule has 1 aliphatic rings. The van der Waals surface area contributed by atoms with Crippen LogP contribution in [0.5, 0.6) is 0 Å². The molecule has 1 aliphatic heterocycles. The summed E-state index contributed by atoms with van der Waals surface area (Å²) in [4.78, 5) is 24.4. The molecule has 0 fully saturated rings. The fourth-order valence-electron chi connectivity index (χ4n) is 2.14. The Bertz CT molecular complexity index is 499. The van der Waals surface area contributed by atoms with E-state index in [9.17, 15) is 9.59 Å². The average molecular weight is 243 g/mol. The summed E-state index contributed by atoms with van der Waals surface area (Å²) in [5, 5.41) is 0. The molecular formula is C15H17NO2. The second kappa shape index (κ2) is 5.17. The lowest BCUT2D eigenvalue weighted by molar-refractivity contribution is -0.119. The zero-order valence-electron chi connectivity index (χ0n) is 10.8. The lowest BCUT2D eigenvalue weighted by Gasteiger charge is -2.17. The fraction of sp³-hybridized carbons (Fsp3) is 0.333. The third-order valence-corrected chi connectivity index (χ3v) is 3.13. The van der Waals surface area contributed by atoms with Gasteiger partial charge in [-0.1, -0.05) is 25.5 Å². The molecule has 0 spiro atoms. The highest BCUT2D eigenvalue weighted by Crippen LogP contribution is 2.24. The fourth-order valence-corrected chi connectivity index (χ4v) is 2.14. The van der Waals surface area contributed by atoms with Crippen LogP contribution >= 0.6 is 0 Å². The smallest absolute Gasteiger partial charge is 0.258 e. The first-order valence-corrected chi connectivity index (χ1v) is 6.29. The maximum absolute atomic E-state index is 11.6. The lowest BCUT2D eigenvalue weighted by Crippen LogP contribution is -2.30. The van der Waals surface area contributed by atoms with E-state index in [1.165, 1.54) is 22.6 Å². The Labute approximate surface area is 107 Å². The summed E-state index contributed by atoms with van der Waals surface area (Å²) in [6, 6.07) is 5.92. The van der Waals surface area contributed by atoms with Crippen LogP contribution in [-0.4, -0.2) is 11.8 Å². The van der Waals surface area contributed by atoms with Gasteiger partial charge in [-0.05, 0) is 37.0 Å². The van der Waals surface area contributed by atoms with Gasteiger partial charge >= 0.3 is 0 Å². The second-order valence-corrected chi connectivity index (χ2v) is 4.57. The van der Waals surface area contributed by atoms with Crippen LogP contribution in [0.2, 0.25) is 0 Å². The van der Waals surface area contributed by atoms with Crippen molar-refractivity contribution in [2.75, 3.05) is 4.90 Å². The first-order valence-electron chi connectivity index (χ1n) is 6.29. The van der Waals surface area contributed by atoms with Crippen molar-refractivity contribution in [1.29, 1.82) is 0 Å². The molecule has 1 aromatic carbocycles. The van der Waals surface area contributed by atoms with Crippen LogP contribution in [0.4, 0.5) is 5.69 Å². The molecule has 0 aromatic heterocycles. The van der Waals surface area contributed by atoms with Gasteiger partial charge in [-0.3, -0.25) is 9.59 Å². The van der Waals surface area contributed by atoms with Gasteiger partial charge in [0.1, 0.15) is 0 Å². The van der Waals surface area contributed by atoms with Gasteiger partial charge in [0, 0.05) is 12.2 Å². The number of rotatable bonds is 4. The molecule has 2 amide bonds. The zero-order valence-corrected chi connectivity index (χ0v) is 10.8. The number of unbranched alkanes of at least 4 members (excludes halogenated alkanes) is 1. The summed E-state index contributed by atoms with van der Waals surface area (Å²) in [6.45, 7) is 4.10. The Hall–Kier alpha value is -1.90. The normalized spacial score (nSPS) is 14.7. The number of carbonyl (C=O) groups is 2. The predicted molar refractivity (Wildman–Crippen MR) is 71.4 cm³/mol. The SMILES string of the molecule is CCCCc1ccc(N2C(=O)C=CC2=O)c(C)c1. The minimum Gasteiger partial charge on any atom is -0.269 e. The van der Waals surface area contributed by atoms with E-state index in [1.54, 1.807) is 0 Å². The van der Waals surface area contributed by atoms with Gasteiger partial charge in [-0.2, -0.15) is 0 Å². The van der Waals surface area contributed by atoms with E-state index in [1.807, 2.05) is 19.1 Å². The van der Waals surface area contributed by atoms with Crippen LogP contribution in [0.3, 0.4) is 0 Å². The van der Waals surface area contributed by atoms with Gasteiger partial charge in [0.2, 0.25) is 0 Å². The Morgan fingerprint density at radius 3 is 2.33 bits per heavy atom. The standard InChI is InChI=1S/C15H17NO2/c1-3-4-5-12-6-7-13(11(2)10-12)16-14(17)8-9-15(16)18/h6-10H,3-5H2,1-2H3. The highest BCUT2D eigenvalue weighted by Gasteiger charge is 2.26. The van der Waals surface area contributed by atoms with Crippen molar-refractivity contribution in [2.24, 2.45) is 0 Å². The Kier molecular flexibility index (Phi) is 3.60. The van der Waals surface area contributed by atoms with Crippen molar-refractivity contribution in [2.45, 2.75) is 33.1 Å². The maximum atomic E-state index is 11.6. The van der Waals surface area contributed by atoms with E-state index in [0.717, 1.165) is 24.8 Å². The van der Waals surface area contributed by atoms with E-state index in [2.05, 4.69) is 13.0 Å². The third kappa shape index (κ3) is 2.35. The number of carbonyl (C=O) groups excluding carboxylic acids is 2. The number of hydrogen-bond donors (Lipinski definition) is 0. The highest BCUT2D eigenvalue weighted by molar-refractivity contribution is 6.28. The summed E-state index contributed by atoms with van der Waals surface area (Å²) in [7, 11) is 0. The molecule has 3 nitrogen and oxygen atoms in total. The van der Waals surface area contributed by atoms with E-state index < -0.39 is 0 Å². The molecule has 0 unspecified atom stereocenters. The zero-order chi connectivity index (χ0) is 13.1. The first-order chi connectivity index (χ1) is 8.63. The van der Waals surface area contributed by atoms with Crippen molar-refractivity contribution < 1.29 is 9.59 Å². The molecule has 0 bridgehead atoms. The van der Waals surface area contributed by atoms with Gasteiger partial charge in [0.25, 0.3) is 11.8 Å². The third-order valence-electron chi connectivity index (χ3n) is 3.13. The largest absolute Gasteiger partial charge is 0.269 e. The molecule has 94 valence electrons.